The van der Waals surface area contributed by atoms with Crippen molar-refractivity contribution in [2.75, 3.05) is 13.7 Å². The van der Waals surface area contributed by atoms with Crippen molar-refractivity contribution in [1.29, 1.82) is 0 Å². The van der Waals surface area contributed by atoms with Gasteiger partial charge in [0, 0.05) is 6.04 Å². The number of ether oxygens (including phenoxy) is 1. The van der Waals surface area contributed by atoms with E-state index in [0.29, 0.717) is 0 Å². The molecule has 1 aliphatic carbocycles. The average Bonchev–Trinajstić information content (AvgIpc) is 2.78. The molecule has 3 rings (SSSR count). The van der Waals surface area contributed by atoms with Crippen molar-refractivity contribution in [1.82, 2.24) is 9.62 Å². The number of benzene rings is 2. The van der Waals surface area contributed by atoms with E-state index < -0.39 is 10.0 Å². The Hall–Kier alpha value is -2.38. The van der Waals surface area contributed by atoms with Crippen molar-refractivity contribution in [2.24, 2.45) is 0 Å². The highest BCUT2D eigenvalue weighted by Crippen LogP contribution is 2.28. The van der Waals surface area contributed by atoms with Crippen LogP contribution in [0.2, 0.25) is 0 Å². The number of amides is 1. The first-order valence-electron chi connectivity index (χ1n) is 10.4. The van der Waals surface area contributed by atoms with Gasteiger partial charge in [0.15, 0.2) is 0 Å². The first-order valence-corrected chi connectivity index (χ1v) is 11.9. The summed E-state index contributed by atoms with van der Waals surface area (Å²) in [6.07, 6.45) is 4.64. The molecule has 0 saturated heterocycles. The summed E-state index contributed by atoms with van der Waals surface area (Å²) in [5.41, 5.74) is 0.930. The van der Waals surface area contributed by atoms with Crippen LogP contribution < -0.4 is 10.1 Å². The summed E-state index contributed by atoms with van der Waals surface area (Å²) in [7, 11) is -2.14. The van der Waals surface area contributed by atoms with E-state index in [4.69, 9.17) is 4.74 Å². The molecule has 1 N–H and O–H groups in total. The third kappa shape index (κ3) is 5.40. The summed E-state index contributed by atoms with van der Waals surface area (Å²) >= 11 is 0. The number of carbonyl (C=O) groups is 1. The molecule has 0 spiro atoms. The van der Waals surface area contributed by atoms with Crippen molar-refractivity contribution in [3.63, 3.8) is 0 Å². The van der Waals surface area contributed by atoms with E-state index in [9.17, 15) is 13.2 Å². The first kappa shape index (κ1) is 22.3. The second kappa shape index (κ2) is 10.1. The van der Waals surface area contributed by atoms with Gasteiger partial charge in [-0.2, -0.15) is 4.31 Å². The van der Waals surface area contributed by atoms with Crippen molar-refractivity contribution < 1.29 is 17.9 Å². The van der Waals surface area contributed by atoms with Crippen molar-refractivity contribution in [2.45, 2.75) is 56.0 Å². The van der Waals surface area contributed by atoms with Crippen LogP contribution in [0.25, 0.3) is 0 Å². The largest absolute Gasteiger partial charge is 0.497 e. The molecule has 2 aromatic rings. The Labute approximate surface area is 179 Å². The van der Waals surface area contributed by atoms with Gasteiger partial charge in [0.1, 0.15) is 5.75 Å². The molecule has 0 aliphatic heterocycles. The smallest absolute Gasteiger partial charge is 0.243 e. The number of nitrogens with zero attached hydrogens (tertiary/aromatic N) is 1. The zero-order valence-electron chi connectivity index (χ0n) is 17.6. The van der Waals surface area contributed by atoms with Gasteiger partial charge in [-0.15, -0.1) is 0 Å². The molecule has 1 amide bonds. The lowest BCUT2D eigenvalue weighted by Crippen LogP contribution is -2.47. The lowest BCUT2D eigenvalue weighted by molar-refractivity contribution is -0.122. The highest BCUT2D eigenvalue weighted by atomic mass is 32.2. The molecule has 162 valence electrons. The SMILES string of the molecule is COc1ccc([C@H](C)NC(=O)CN(C2CCCCC2)S(=O)(=O)c2ccccc2)cc1. The maximum absolute atomic E-state index is 13.3. The Morgan fingerprint density at radius 1 is 1.07 bits per heavy atom. The van der Waals surface area contributed by atoms with Gasteiger partial charge in [-0.05, 0) is 49.6 Å². The van der Waals surface area contributed by atoms with Crippen molar-refractivity contribution in [3.05, 3.63) is 60.2 Å². The average molecular weight is 431 g/mol. The Kier molecular flexibility index (Phi) is 7.50. The highest BCUT2D eigenvalue weighted by Gasteiger charge is 2.34. The van der Waals surface area contributed by atoms with Crippen LogP contribution in [0.5, 0.6) is 5.75 Å². The van der Waals surface area contributed by atoms with Crippen molar-refractivity contribution >= 4 is 15.9 Å². The molecule has 0 aromatic heterocycles. The van der Waals surface area contributed by atoms with E-state index in [2.05, 4.69) is 5.32 Å². The predicted molar refractivity (Wildman–Crippen MR) is 117 cm³/mol. The number of nitrogens with one attached hydrogen (secondary N) is 1. The molecule has 1 atom stereocenters. The standard InChI is InChI=1S/C23H30N2O4S/c1-18(19-13-15-21(29-2)16-14-19)24-23(26)17-25(20-9-5-3-6-10-20)30(27,28)22-11-7-4-8-12-22/h4,7-8,11-16,18,20H,3,5-6,9-10,17H2,1-2H3,(H,24,26)/t18-/m0/s1. The molecule has 2 aromatic carbocycles. The molecule has 1 aliphatic rings. The maximum atomic E-state index is 13.3. The molecule has 0 unspecified atom stereocenters. The van der Waals surface area contributed by atoms with Crippen LogP contribution >= 0.6 is 0 Å². The number of sulfonamides is 1. The van der Waals surface area contributed by atoms with Crippen LogP contribution in [0, 0.1) is 0 Å². The fourth-order valence-corrected chi connectivity index (χ4v) is 5.57. The monoisotopic (exact) mass is 430 g/mol. The van der Waals surface area contributed by atoms with Gasteiger partial charge < -0.3 is 10.1 Å². The van der Waals surface area contributed by atoms with E-state index >= 15 is 0 Å². The summed E-state index contributed by atoms with van der Waals surface area (Å²) in [5.74, 6) is 0.443. The summed E-state index contributed by atoms with van der Waals surface area (Å²) in [6, 6.07) is 15.4. The highest BCUT2D eigenvalue weighted by molar-refractivity contribution is 7.89. The molecule has 1 fully saturated rings. The lowest BCUT2D eigenvalue weighted by Gasteiger charge is -2.33. The van der Waals surface area contributed by atoms with E-state index in [-0.39, 0.29) is 29.4 Å². The second-order valence-electron chi connectivity index (χ2n) is 7.72. The summed E-state index contributed by atoms with van der Waals surface area (Å²) in [5, 5.41) is 2.94. The fourth-order valence-electron chi connectivity index (χ4n) is 3.91. The number of hydrogen-bond donors (Lipinski definition) is 1. The Morgan fingerprint density at radius 3 is 2.30 bits per heavy atom. The zero-order chi connectivity index (χ0) is 21.6. The number of carbonyl (C=O) groups excluding carboxylic acids is 1. The lowest BCUT2D eigenvalue weighted by atomic mass is 9.95. The number of hydrogen-bond acceptors (Lipinski definition) is 4. The van der Waals surface area contributed by atoms with Gasteiger partial charge in [0.25, 0.3) is 0 Å². The van der Waals surface area contributed by atoms with Crippen LogP contribution in [0.15, 0.2) is 59.5 Å². The third-order valence-electron chi connectivity index (χ3n) is 5.62. The van der Waals surface area contributed by atoms with Crippen molar-refractivity contribution in [3.8, 4) is 5.75 Å². The fraction of sp³-hybridized carbons (Fsp3) is 0.435. The number of methoxy groups -OCH3 is 1. The van der Waals surface area contributed by atoms with Gasteiger partial charge >= 0.3 is 0 Å². The third-order valence-corrected chi connectivity index (χ3v) is 7.54. The maximum Gasteiger partial charge on any atom is 0.243 e. The molecule has 30 heavy (non-hydrogen) atoms. The Bertz CT molecular complexity index is 923. The summed E-state index contributed by atoms with van der Waals surface area (Å²) < 4.78 is 33.2. The first-order chi connectivity index (χ1) is 14.4. The molecule has 0 heterocycles. The minimum absolute atomic E-state index is 0.147. The molecule has 0 bridgehead atoms. The van der Waals surface area contributed by atoms with Crippen LogP contribution in [-0.4, -0.2) is 38.3 Å². The quantitative estimate of drug-likeness (QED) is 0.689. The molecule has 1 saturated carbocycles. The van der Waals surface area contributed by atoms with Gasteiger partial charge in [0.05, 0.1) is 24.6 Å². The molecule has 6 nitrogen and oxygen atoms in total. The normalized spacial score (nSPS) is 16.2. The van der Waals surface area contributed by atoms with E-state index in [1.54, 1.807) is 37.4 Å². The topological polar surface area (TPSA) is 75.7 Å². The van der Waals surface area contributed by atoms with Gasteiger partial charge in [-0.3, -0.25) is 4.79 Å². The summed E-state index contributed by atoms with van der Waals surface area (Å²) in [4.78, 5) is 13.1. The van der Waals surface area contributed by atoms with Gasteiger partial charge in [-0.25, -0.2) is 8.42 Å². The van der Waals surface area contributed by atoms with Gasteiger partial charge in [0.2, 0.25) is 15.9 Å². The van der Waals surface area contributed by atoms with Gasteiger partial charge in [-0.1, -0.05) is 49.6 Å². The minimum atomic E-state index is -3.75. The Balaban J connectivity index is 1.75. The van der Waals surface area contributed by atoms with E-state index in [1.807, 2.05) is 31.2 Å². The molecule has 0 radical (unpaired) electrons. The van der Waals surface area contributed by atoms with E-state index in [1.165, 1.54) is 4.31 Å². The predicted octanol–water partition coefficient (Wildman–Crippen LogP) is 3.90. The molecule has 7 heteroatoms. The molecular formula is C23H30N2O4S. The summed E-state index contributed by atoms with van der Waals surface area (Å²) in [6.45, 7) is 1.71. The van der Waals surface area contributed by atoms with Crippen LogP contribution in [0.3, 0.4) is 0 Å². The second-order valence-corrected chi connectivity index (χ2v) is 9.61. The Morgan fingerprint density at radius 2 is 1.70 bits per heavy atom. The van der Waals surface area contributed by atoms with Crippen LogP contribution in [-0.2, 0) is 14.8 Å². The minimum Gasteiger partial charge on any atom is -0.497 e. The number of rotatable bonds is 8. The van der Waals surface area contributed by atoms with Crippen LogP contribution in [0.1, 0.15) is 50.6 Å². The zero-order valence-corrected chi connectivity index (χ0v) is 18.4. The van der Waals surface area contributed by atoms with Crippen LogP contribution in [0.4, 0.5) is 0 Å². The van der Waals surface area contributed by atoms with E-state index in [0.717, 1.165) is 43.4 Å². The molecular weight excluding hydrogens is 400 g/mol.